The maximum absolute atomic E-state index is 10.3. The number of carbonyl (C=O) groups is 1. The van der Waals surface area contributed by atoms with Gasteiger partial charge in [0, 0.05) is 19.6 Å². The van der Waals surface area contributed by atoms with Gasteiger partial charge in [0.2, 0.25) is 0 Å². The van der Waals surface area contributed by atoms with Crippen LogP contribution in [0.3, 0.4) is 0 Å². The normalized spacial score (nSPS) is 21.1. The molecule has 1 aliphatic heterocycles. The minimum atomic E-state index is -0.722. The number of likely N-dealkylation sites (tertiary alicyclic amines) is 1. The minimum Gasteiger partial charge on any atom is -0.481 e. The highest BCUT2D eigenvalue weighted by Gasteiger charge is 2.29. The number of β-amino-alcohol motifs (C(OH)–C–C–N with tert-alkyl or cyclic N) is 1. The van der Waals surface area contributed by atoms with Crippen LogP contribution in [0.2, 0.25) is 0 Å². The lowest BCUT2D eigenvalue weighted by Crippen LogP contribution is -2.50. The molecule has 0 amide bonds. The van der Waals surface area contributed by atoms with Crippen LogP contribution >= 0.6 is 0 Å². The van der Waals surface area contributed by atoms with Crippen molar-refractivity contribution in [2.75, 3.05) is 19.6 Å². The summed E-state index contributed by atoms with van der Waals surface area (Å²) in [5.74, 6) is -0.428. The van der Waals surface area contributed by atoms with E-state index in [4.69, 9.17) is 5.11 Å². The Balaban J connectivity index is 2.08. The van der Waals surface area contributed by atoms with E-state index in [-0.39, 0.29) is 12.5 Å². The third kappa shape index (κ3) is 3.32. The van der Waals surface area contributed by atoms with Gasteiger partial charge in [-0.1, -0.05) is 6.92 Å². The average molecular weight is 187 g/mol. The molecule has 1 unspecified atom stereocenters. The van der Waals surface area contributed by atoms with Crippen molar-refractivity contribution in [2.24, 2.45) is 5.92 Å². The molecular weight excluding hydrogens is 170 g/mol. The standard InChI is InChI=1S/C9H17NO3/c1-2-8(11)6-10-4-7(5-10)3-9(12)13/h7-8,11H,2-6H2,1H3,(H,12,13). The van der Waals surface area contributed by atoms with Crippen LogP contribution in [0.1, 0.15) is 19.8 Å². The third-order valence-corrected chi connectivity index (χ3v) is 2.44. The number of nitrogens with zero attached hydrogens (tertiary/aromatic N) is 1. The number of aliphatic carboxylic acids is 1. The van der Waals surface area contributed by atoms with Crippen LogP contribution < -0.4 is 0 Å². The van der Waals surface area contributed by atoms with E-state index in [1.54, 1.807) is 0 Å². The summed E-state index contributed by atoms with van der Waals surface area (Å²) in [6.45, 7) is 4.28. The van der Waals surface area contributed by atoms with Crippen molar-refractivity contribution < 1.29 is 15.0 Å². The van der Waals surface area contributed by atoms with Crippen LogP contribution in [0.25, 0.3) is 0 Å². The van der Waals surface area contributed by atoms with E-state index >= 15 is 0 Å². The van der Waals surface area contributed by atoms with E-state index in [1.807, 2.05) is 6.92 Å². The summed E-state index contributed by atoms with van der Waals surface area (Å²) in [6.07, 6.45) is 0.768. The zero-order valence-corrected chi connectivity index (χ0v) is 7.94. The van der Waals surface area contributed by atoms with Crippen LogP contribution in [0.4, 0.5) is 0 Å². The fraction of sp³-hybridized carbons (Fsp3) is 0.889. The molecule has 0 aromatic carbocycles. The number of rotatable bonds is 5. The van der Waals surface area contributed by atoms with Crippen molar-refractivity contribution in [3.05, 3.63) is 0 Å². The Morgan fingerprint density at radius 1 is 1.62 bits per heavy atom. The predicted molar refractivity (Wildman–Crippen MR) is 48.5 cm³/mol. The molecule has 0 aliphatic carbocycles. The number of aliphatic hydroxyl groups is 1. The molecule has 0 radical (unpaired) electrons. The Bertz CT molecular complexity index is 178. The summed E-state index contributed by atoms with van der Waals surface area (Å²) < 4.78 is 0. The molecule has 0 spiro atoms. The first-order valence-corrected chi connectivity index (χ1v) is 4.74. The van der Waals surface area contributed by atoms with Gasteiger partial charge in [0.25, 0.3) is 0 Å². The highest BCUT2D eigenvalue weighted by atomic mass is 16.4. The lowest BCUT2D eigenvalue weighted by molar-refractivity contribution is -0.139. The smallest absolute Gasteiger partial charge is 0.303 e. The zero-order valence-electron chi connectivity index (χ0n) is 7.94. The largest absolute Gasteiger partial charge is 0.481 e. The Morgan fingerprint density at radius 2 is 2.23 bits per heavy atom. The Hall–Kier alpha value is -0.610. The monoisotopic (exact) mass is 187 g/mol. The van der Waals surface area contributed by atoms with Crippen LogP contribution in [0.5, 0.6) is 0 Å². The second kappa shape index (κ2) is 4.58. The summed E-state index contributed by atoms with van der Waals surface area (Å²) in [5, 5.41) is 17.8. The number of aliphatic hydroxyl groups excluding tert-OH is 1. The quantitative estimate of drug-likeness (QED) is 0.644. The molecule has 1 saturated heterocycles. The second-order valence-electron chi connectivity index (χ2n) is 3.74. The van der Waals surface area contributed by atoms with Crippen molar-refractivity contribution in [3.63, 3.8) is 0 Å². The van der Waals surface area contributed by atoms with Gasteiger partial charge in [0.1, 0.15) is 0 Å². The Kier molecular flexibility index (Phi) is 3.69. The summed E-state index contributed by atoms with van der Waals surface area (Å²) in [4.78, 5) is 12.4. The highest BCUT2D eigenvalue weighted by molar-refractivity contribution is 5.67. The molecule has 13 heavy (non-hydrogen) atoms. The molecule has 0 saturated carbocycles. The van der Waals surface area contributed by atoms with E-state index in [0.29, 0.717) is 12.5 Å². The molecule has 76 valence electrons. The van der Waals surface area contributed by atoms with Gasteiger partial charge in [-0.25, -0.2) is 0 Å². The molecule has 2 N–H and O–H groups in total. The van der Waals surface area contributed by atoms with E-state index in [2.05, 4.69) is 4.90 Å². The zero-order chi connectivity index (χ0) is 9.84. The van der Waals surface area contributed by atoms with Crippen LogP contribution in [-0.2, 0) is 4.79 Å². The van der Waals surface area contributed by atoms with Gasteiger partial charge in [-0.3, -0.25) is 4.79 Å². The molecule has 0 bridgehead atoms. The summed E-state index contributed by atoms with van der Waals surface area (Å²) in [7, 11) is 0. The van der Waals surface area contributed by atoms with Gasteiger partial charge in [0.15, 0.2) is 0 Å². The SMILES string of the molecule is CCC(O)CN1CC(CC(=O)O)C1. The van der Waals surface area contributed by atoms with E-state index < -0.39 is 5.97 Å². The maximum atomic E-state index is 10.3. The molecule has 1 heterocycles. The van der Waals surface area contributed by atoms with Crippen LogP contribution in [-0.4, -0.2) is 46.8 Å². The summed E-state index contributed by atoms with van der Waals surface area (Å²) in [6, 6.07) is 0. The van der Waals surface area contributed by atoms with Gasteiger partial charge in [-0.2, -0.15) is 0 Å². The maximum Gasteiger partial charge on any atom is 0.303 e. The Labute approximate surface area is 78.2 Å². The second-order valence-corrected chi connectivity index (χ2v) is 3.74. The third-order valence-electron chi connectivity index (χ3n) is 2.44. The predicted octanol–water partition coefficient (Wildman–Crippen LogP) is 0.164. The van der Waals surface area contributed by atoms with Gasteiger partial charge < -0.3 is 15.1 Å². The molecule has 4 nitrogen and oxygen atoms in total. The molecule has 1 rings (SSSR count). The van der Waals surface area contributed by atoms with E-state index in [1.165, 1.54) is 0 Å². The number of hydrogen-bond acceptors (Lipinski definition) is 3. The summed E-state index contributed by atoms with van der Waals surface area (Å²) >= 11 is 0. The van der Waals surface area contributed by atoms with Crippen LogP contribution in [0, 0.1) is 5.92 Å². The first-order valence-electron chi connectivity index (χ1n) is 4.74. The topological polar surface area (TPSA) is 60.8 Å². The molecule has 1 atom stereocenters. The molecule has 1 aliphatic rings. The number of carboxylic acids is 1. The number of carboxylic acid groups (broad SMARTS) is 1. The molecule has 0 aromatic heterocycles. The van der Waals surface area contributed by atoms with Crippen molar-refractivity contribution >= 4 is 5.97 Å². The Morgan fingerprint density at radius 3 is 2.69 bits per heavy atom. The average Bonchev–Trinajstić information content (AvgIpc) is 1.99. The van der Waals surface area contributed by atoms with E-state index in [9.17, 15) is 9.90 Å². The fourth-order valence-electron chi connectivity index (χ4n) is 1.63. The van der Waals surface area contributed by atoms with Crippen molar-refractivity contribution in [2.45, 2.75) is 25.9 Å². The fourth-order valence-corrected chi connectivity index (χ4v) is 1.63. The van der Waals surface area contributed by atoms with Crippen molar-refractivity contribution in [1.82, 2.24) is 4.90 Å². The number of hydrogen-bond donors (Lipinski definition) is 2. The van der Waals surface area contributed by atoms with E-state index in [0.717, 1.165) is 19.5 Å². The molecule has 1 fully saturated rings. The first-order chi connectivity index (χ1) is 6.11. The molecule has 0 aromatic rings. The molecule has 4 heteroatoms. The van der Waals surface area contributed by atoms with Gasteiger partial charge >= 0.3 is 5.97 Å². The van der Waals surface area contributed by atoms with Gasteiger partial charge in [-0.05, 0) is 12.3 Å². The lowest BCUT2D eigenvalue weighted by atomic mass is 9.96. The lowest BCUT2D eigenvalue weighted by Gasteiger charge is -2.39. The highest BCUT2D eigenvalue weighted by Crippen LogP contribution is 2.19. The first kappa shape index (κ1) is 10.5. The van der Waals surface area contributed by atoms with Crippen molar-refractivity contribution in [1.29, 1.82) is 0 Å². The van der Waals surface area contributed by atoms with Crippen molar-refractivity contribution in [3.8, 4) is 0 Å². The summed E-state index contributed by atoms with van der Waals surface area (Å²) in [5.41, 5.74) is 0. The van der Waals surface area contributed by atoms with Gasteiger partial charge in [0.05, 0.1) is 12.5 Å². The minimum absolute atomic E-state index is 0.259. The molecular formula is C9H17NO3. The van der Waals surface area contributed by atoms with Gasteiger partial charge in [-0.15, -0.1) is 0 Å². The van der Waals surface area contributed by atoms with Crippen LogP contribution in [0.15, 0.2) is 0 Å².